The van der Waals surface area contributed by atoms with Crippen molar-refractivity contribution in [2.24, 2.45) is 0 Å². The van der Waals surface area contributed by atoms with Crippen LogP contribution in [0, 0.1) is 0 Å². The number of rotatable bonds is 0. The molecule has 0 saturated heterocycles. The molecule has 0 atom stereocenters. The summed E-state index contributed by atoms with van der Waals surface area (Å²) in [5, 5.41) is 0. The van der Waals surface area contributed by atoms with Crippen LogP contribution < -0.4 is 0 Å². The molecule has 0 bridgehead atoms. The predicted molar refractivity (Wildman–Crippen MR) is 96.8 cm³/mol. The van der Waals surface area contributed by atoms with E-state index in [1.54, 1.807) is 0 Å². The molecule has 1 aliphatic rings. The molecule has 1 heteroatoms. The summed E-state index contributed by atoms with van der Waals surface area (Å²) in [4.78, 5) is 2.05. The summed E-state index contributed by atoms with van der Waals surface area (Å²) in [5.74, 6) is 0. The van der Waals surface area contributed by atoms with E-state index in [0.29, 0.717) is 0 Å². The molecule has 3 rings (SSSR count). The molecule has 2 aromatic carbocycles. The first-order valence-electron chi connectivity index (χ1n) is 7.32. The van der Waals surface area contributed by atoms with Gasteiger partial charge in [-0.3, -0.25) is 0 Å². The van der Waals surface area contributed by atoms with Crippen molar-refractivity contribution in [1.82, 2.24) is 4.90 Å². The summed E-state index contributed by atoms with van der Waals surface area (Å²) in [7, 11) is 2.03. The van der Waals surface area contributed by atoms with Gasteiger partial charge in [-0.05, 0) is 45.6 Å². The van der Waals surface area contributed by atoms with Gasteiger partial charge in [-0.2, -0.15) is 0 Å². The standard InChI is InChI=1S/C21H19N/c1-16-17(2)21-11-7-5-9-19(21)13-15-22(3)14-12-18-8-4-6-10-20(16)18/h4-15H,1-2H2,3H3/b14-12-,15-13-. The van der Waals surface area contributed by atoms with Crippen molar-refractivity contribution < 1.29 is 0 Å². The van der Waals surface area contributed by atoms with Crippen molar-refractivity contribution in [1.29, 1.82) is 0 Å². The summed E-state index contributed by atoms with van der Waals surface area (Å²) < 4.78 is 0. The van der Waals surface area contributed by atoms with E-state index in [1.807, 2.05) is 36.2 Å². The molecule has 0 N–H and O–H groups in total. The number of hydrogen-bond donors (Lipinski definition) is 0. The molecule has 0 amide bonds. The van der Waals surface area contributed by atoms with Gasteiger partial charge in [-0.25, -0.2) is 0 Å². The summed E-state index contributed by atoms with van der Waals surface area (Å²) in [5.41, 5.74) is 6.46. The Morgan fingerprint density at radius 1 is 0.682 bits per heavy atom. The minimum atomic E-state index is 0.964. The van der Waals surface area contributed by atoms with Crippen LogP contribution in [-0.2, 0) is 0 Å². The fourth-order valence-electron chi connectivity index (χ4n) is 2.60. The Hall–Kier alpha value is -2.80. The highest BCUT2D eigenvalue weighted by Crippen LogP contribution is 2.33. The van der Waals surface area contributed by atoms with Gasteiger partial charge in [0.15, 0.2) is 0 Å². The third-order valence-corrected chi connectivity index (χ3v) is 3.91. The van der Waals surface area contributed by atoms with Crippen molar-refractivity contribution in [2.45, 2.75) is 0 Å². The van der Waals surface area contributed by atoms with Crippen LogP contribution in [0.1, 0.15) is 22.3 Å². The van der Waals surface area contributed by atoms with Gasteiger partial charge in [0.2, 0.25) is 0 Å². The molecule has 108 valence electrons. The van der Waals surface area contributed by atoms with Crippen LogP contribution in [0.25, 0.3) is 23.3 Å². The molecule has 0 fully saturated rings. The fourth-order valence-corrected chi connectivity index (χ4v) is 2.60. The van der Waals surface area contributed by atoms with Crippen molar-refractivity contribution in [3.8, 4) is 0 Å². The first-order valence-corrected chi connectivity index (χ1v) is 7.32. The average Bonchev–Trinajstić information content (AvgIpc) is 2.58. The molecule has 2 aromatic rings. The zero-order valence-electron chi connectivity index (χ0n) is 12.8. The lowest BCUT2D eigenvalue weighted by atomic mass is 9.90. The zero-order chi connectivity index (χ0) is 15.5. The van der Waals surface area contributed by atoms with Gasteiger partial charge in [-0.15, -0.1) is 0 Å². The van der Waals surface area contributed by atoms with Crippen LogP contribution in [0.5, 0.6) is 0 Å². The van der Waals surface area contributed by atoms with Crippen LogP contribution in [-0.4, -0.2) is 11.9 Å². The molecule has 0 unspecified atom stereocenters. The molecule has 0 radical (unpaired) electrons. The summed E-state index contributed by atoms with van der Waals surface area (Å²) in [6, 6.07) is 16.6. The highest BCUT2D eigenvalue weighted by atomic mass is 15.0. The Morgan fingerprint density at radius 3 is 1.55 bits per heavy atom. The van der Waals surface area contributed by atoms with Crippen molar-refractivity contribution >= 4 is 23.3 Å². The summed E-state index contributed by atoms with van der Waals surface area (Å²) in [6.45, 7) is 8.58. The largest absolute Gasteiger partial charge is 0.357 e. The molecular formula is C21H19N. The minimum Gasteiger partial charge on any atom is -0.357 e. The Labute approximate surface area is 132 Å². The zero-order valence-corrected chi connectivity index (χ0v) is 12.8. The van der Waals surface area contributed by atoms with E-state index in [2.05, 4.69) is 62.0 Å². The fraction of sp³-hybridized carbons (Fsp3) is 0.0476. The SMILES string of the molecule is C=C1C(=C)c2ccccc2/C=C\N(C)/C=C\c2ccccc21. The Bertz CT molecular complexity index is 726. The van der Waals surface area contributed by atoms with Crippen molar-refractivity contribution in [2.75, 3.05) is 7.05 Å². The maximum absolute atomic E-state index is 4.29. The second-order valence-electron chi connectivity index (χ2n) is 5.43. The Kier molecular flexibility index (Phi) is 3.80. The first kappa shape index (κ1) is 14.2. The predicted octanol–water partition coefficient (Wildman–Crippen LogP) is 5.30. The normalized spacial score (nSPS) is 17.2. The molecule has 1 aliphatic heterocycles. The maximum atomic E-state index is 4.29. The first-order chi connectivity index (χ1) is 10.7. The van der Waals surface area contributed by atoms with E-state index in [4.69, 9.17) is 0 Å². The van der Waals surface area contributed by atoms with Gasteiger partial charge in [0, 0.05) is 19.4 Å². The molecular weight excluding hydrogens is 266 g/mol. The highest BCUT2D eigenvalue weighted by molar-refractivity contribution is 6.05. The van der Waals surface area contributed by atoms with Gasteiger partial charge < -0.3 is 4.90 Å². The average molecular weight is 285 g/mol. The second kappa shape index (κ2) is 5.90. The van der Waals surface area contributed by atoms with Gasteiger partial charge in [0.25, 0.3) is 0 Å². The summed E-state index contributed by atoms with van der Waals surface area (Å²) in [6.07, 6.45) is 8.32. The van der Waals surface area contributed by atoms with E-state index in [1.165, 1.54) is 0 Å². The smallest absolute Gasteiger partial charge is 0.0106 e. The van der Waals surface area contributed by atoms with Gasteiger partial charge >= 0.3 is 0 Å². The van der Waals surface area contributed by atoms with Crippen LogP contribution in [0.2, 0.25) is 0 Å². The lowest BCUT2D eigenvalue weighted by Crippen LogP contribution is -1.99. The maximum Gasteiger partial charge on any atom is 0.0106 e. The van der Waals surface area contributed by atoms with E-state index in [9.17, 15) is 0 Å². The van der Waals surface area contributed by atoms with E-state index in [-0.39, 0.29) is 0 Å². The number of hydrogen-bond acceptors (Lipinski definition) is 1. The van der Waals surface area contributed by atoms with E-state index >= 15 is 0 Å². The second-order valence-corrected chi connectivity index (χ2v) is 5.43. The monoisotopic (exact) mass is 285 g/mol. The Balaban J connectivity index is 2.21. The van der Waals surface area contributed by atoms with Crippen LogP contribution in [0.4, 0.5) is 0 Å². The van der Waals surface area contributed by atoms with Crippen molar-refractivity contribution in [3.05, 3.63) is 96.3 Å². The van der Waals surface area contributed by atoms with E-state index in [0.717, 1.165) is 33.4 Å². The molecule has 0 aromatic heterocycles. The molecule has 0 aliphatic carbocycles. The quantitative estimate of drug-likeness (QED) is 0.635. The van der Waals surface area contributed by atoms with Crippen LogP contribution in [0.3, 0.4) is 0 Å². The number of fused-ring (bicyclic) bond motifs is 2. The minimum absolute atomic E-state index is 0.964. The van der Waals surface area contributed by atoms with Gasteiger partial charge in [0.1, 0.15) is 0 Å². The third-order valence-electron chi connectivity index (χ3n) is 3.91. The topological polar surface area (TPSA) is 3.24 Å². The molecule has 1 heterocycles. The number of allylic oxidation sites excluding steroid dienone is 2. The van der Waals surface area contributed by atoms with E-state index < -0.39 is 0 Å². The van der Waals surface area contributed by atoms with Crippen molar-refractivity contribution in [3.63, 3.8) is 0 Å². The van der Waals surface area contributed by atoms with Crippen LogP contribution in [0.15, 0.2) is 74.1 Å². The number of nitrogens with zero attached hydrogens (tertiary/aromatic N) is 1. The highest BCUT2D eigenvalue weighted by Gasteiger charge is 2.12. The van der Waals surface area contributed by atoms with Gasteiger partial charge in [0.05, 0.1) is 0 Å². The Morgan fingerprint density at radius 2 is 1.09 bits per heavy atom. The molecule has 0 saturated carbocycles. The third kappa shape index (κ3) is 2.66. The lowest BCUT2D eigenvalue weighted by molar-refractivity contribution is 0.634. The van der Waals surface area contributed by atoms with Gasteiger partial charge in [-0.1, -0.05) is 61.7 Å². The molecule has 1 nitrogen and oxygen atoms in total. The summed E-state index contributed by atoms with van der Waals surface area (Å²) >= 11 is 0. The molecule has 0 spiro atoms. The number of benzene rings is 2. The molecule has 22 heavy (non-hydrogen) atoms. The lowest BCUT2D eigenvalue weighted by Gasteiger charge is -2.14. The van der Waals surface area contributed by atoms with Crippen LogP contribution >= 0.6 is 0 Å².